The van der Waals surface area contributed by atoms with Gasteiger partial charge in [0.2, 0.25) is 0 Å². The molecule has 3 aromatic rings. The number of ether oxygens (including phenoxy) is 1. The predicted molar refractivity (Wildman–Crippen MR) is 130 cm³/mol. The summed E-state index contributed by atoms with van der Waals surface area (Å²) in [6.45, 7) is 1.72. The lowest BCUT2D eigenvalue weighted by Crippen LogP contribution is -2.62. The van der Waals surface area contributed by atoms with E-state index < -0.39 is 41.8 Å². The number of aliphatic hydroxyl groups is 1. The maximum Gasteiger partial charge on any atom is 0.416 e. The van der Waals surface area contributed by atoms with Gasteiger partial charge in [-0.05, 0) is 48.9 Å². The molecule has 1 amide bonds. The van der Waals surface area contributed by atoms with E-state index in [2.05, 4.69) is 10.3 Å². The number of aryl methyl sites for hydroxylation is 1. The number of nitrogens with one attached hydrogen (secondary N) is 1. The second kappa shape index (κ2) is 9.63. The van der Waals surface area contributed by atoms with Gasteiger partial charge in [-0.2, -0.15) is 13.2 Å². The first-order chi connectivity index (χ1) is 18.0. The zero-order chi connectivity index (χ0) is 27.2. The summed E-state index contributed by atoms with van der Waals surface area (Å²) < 4.78 is 75.5. The zero-order valence-corrected chi connectivity index (χ0v) is 20.3. The molecule has 1 aromatic heterocycles. The van der Waals surface area contributed by atoms with Gasteiger partial charge in [-0.1, -0.05) is 6.07 Å². The molecule has 2 N–H and O–H groups in total. The quantitative estimate of drug-likeness (QED) is 0.466. The van der Waals surface area contributed by atoms with Crippen molar-refractivity contribution in [2.24, 2.45) is 0 Å². The molecule has 0 aliphatic carbocycles. The second-order valence-corrected chi connectivity index (χ2v) is 9.50. The van der Waals surface area contributed by atoms with E-state index in [1.54, 1.807) is 17.9 Å². The van der Waals surface area contributed by atoms with Gasteiger partial charge in [-0.25, -0.2) is 8.78 Å². The van der Waals surface area contributed by atoms with Crippen LogP contribution >= 0.6 is 0 Å². The molecule has 2 aliphatic heterocycles. The van der Waals surface area contributed by atoms with Crippen LogP contribution in [-0.2, 0) is 17.3 Å². The van der Waals surface area contributed by atoms with Gasteiger partial charge < -0.3 is 20.1 Å². The smallest absolute Gasteiger partial charge is 0.393 e. The highest BCUT2D eigenvalue weighted by Crippen LogP contribution is 2.43. The number of aromatic nitrogens is 1. The van der Waals surface area contributed by atoms with Crippen molar-refractivity contribution in [3.63, 3.8) is 0 Å². The third-order valence-electron chi connectivity index (χ3n) is 7.04. The molecule has 0 saturated carbocycles. The van der Waals surface area contributed by atoms with Gasteiger partial charge in [-0.15, -0.1) is 0 Å². The van der Waals surface area contributed by atoms with Crippen molar-refractivity contribution < 1.29 is 36.6 Å². The fourth-order valence-corrected chi connectivity index (χ4v) is 5.05. The van der Waals surface area contributed by atoms with Crippen molar-refractivity contribution in [3.05, 3.63) is 76.9 Å². The number of amides is 1. The number of anilines is 2. The first-order valence-electron chi connectivity index (χ1n) is 11.9. The Morgan fingerprint density at radius 3 is 2.76 bits per heavy atom. The van der Waals surface area contributed by atoms with E-state index in [0.717, 1.165) is 18.2 Å². The number of carbonyl (C=O) groups is 1. The molecule has 38 heavy (non-hydrogen) atoms. The SMILES string of the molecule is Cc1ncc(NC(=O)c2cccc(C(F)(F)F)c2)cc1-c1cc2c(cc1F)C[C@@](F)(CO)[C@@H]1COCCN21. The van der Waals surface area contributed by atoms with Crippen LogP contribution in [0.3, 0.4) is 0 Å². The lowest BCUT2D eigenvalue weighted by molar-refractivity contribution is -0.137. The molecule has 1 saturated heterocycles. The van der Waals surface area contributed by atoms with Crippen LogP contribution in [-0.4, -0.2) is 54.1 Å². The van der Waals surface area contributed by atoms with E-state index in [1.165, 1.54) is 24.4 Å². The van der Waals surface area contributed by atoms with Gasteiger partial charge in [-0.3, -0.25) is 9.78 Å². The number of benzene rings is 2. The Morgan fingerprint density at radius 2 is 2.03 bits per heavy atom. The minimum atomic E-state index is -4.60. The van der Waals surface area contributed by atoms with Crippen molar-refractivity contribution in [2.75, 3.05) is 36.6 Å². The maximum absolute atomic E-state index is 15.5. The lowest BCUT2D eigenvalue weighted by atomic mass is 9.82. The molecule has 1 fully saturated rings. The van der Waals surface area contributed by atoms with Gasteiger partial charge >= 0.3 is 6.18 Å². The van der Waals surface area contributed by atoms with Gasteiger partial charge in [0, 0.05) is 41.0 Å². The normalized spacial score (nSPS) is 21.0. The van der Waals surface area contributed by atoms with Gasteiger partial charge in [0.05, 0.1) is 43.3 Å². The summed E-state index contributed by atoms with van der Waals surface area (Å²) in [4.78, 5) is 18.7. The highest BCUT2D eigenvalue weighted by molar-refractivity contribution is 6.04. The molecule has 2 atom stereocenters. The third kappa shape index (κ3) is 4.71. The number of halogens is 5. The lowest BCUT2D eigenvalue weighted by Gasteiger charge is -2.48. The Morgan fingerprint density at radius 1 is 1.24 bits per heavy atom. The standard InChI is InChI=1S/C27H24F5N3O3/c1-15-20(9-19(12-33-15)34-25(37)16-3-2-4-18(7-16)27(30,31)32)21-10-23-17(8-22(21)28)11-26(29,14-36)24-13-38-6-5-35(23)24/h2-4,7-10,12,24,36H,5-6,11,13-14H2,1H3,(H,34,37)/t24-,26+/m0/s1. The number of morpholine rings is 1. The van der Waals surface area contributed by atoms with Crippen LogP contribution in [0.2, 0.25) is 0 Å². The van der Waals surface area contributed by atoms with Crippen molar-refractivity contribution in [1.29, 1.82) is 0 Å². The van der Waals surface area contributed by atoms with E-state index in [9.17, 15) is 23.1 Å². The van der Waals surface area contributed by atoms with Gasteiger partial charge in [0.25, 0.3) is 5.91 Å². The molecule has 5 rings (SSSR count). The number of pyridine rings is 1. The summed E-state index contributed by atoms with van der Waals surface area (Å²) in [6.07, 6.45) is -3.44. The van der Waals surface area contributed by atoms with Gasteiger partial charge in [0.1, 0.15) is 5.82 Å². The van der Waals surface area contributed by atoms with Crippen LogP contribution < -0.4 is 10.2 Å². The van der Waals surface area contributed by atoms with Crippen LogP contribution in [0.1, 0.15) is 27.2 Å². The van der Waals surface area contributed by atoms with Crippen molar-refractivity contribution in [2.45, 2.75) is 31.2 Å². The minimum absolute atomic E-state index is 0.0842. The first-order valence-corrected chi connectivity index (χ1v) is 11.9. The second-order valence-electron chi connectivity index (χ2n) is 9.50. The van der Waals surface area contributed by atoms with Crippen LogP contribution in [0.15, 0.2) is 48.7 Å². The number of rotatable bonds is 4. The molecule has 0 radical (unpaired) electrons. The zero-order valence-electron chi connectivity index (χ0n) is 20.3. The number of fused-ring (bicyclic) bond motifs is 3. The molecule has 0 spiro atoms. The molecule has 6 nitrogen and oxygen atoms in total. The molecule has 0 bridgehead atoms. The Balaban J connectivity index is 1.49. The number of hydrogen-bond donors (Lipinski definition) is 2. The fourth-order valence-electron chi connectivity index (χ4n) is 5.05. The summed E-state index contributed by atoms with van der Waals surface area (Å²) in [7, 11) is 0. The molecular formula is C27H24F5N3O3. The fraction of sp³-hybridized carbons (Fsp3) is 0.333. The minimum Gasteiger partial charge on any atom is -0.393 e. The predicted octanol–water partition coefficient (Wildman–Crippen LogP) is 4.93. The molecular weight excluding hydrogens is 509 g/mol. The summed E-state index contributed by atoms with van der Waals surface area (Å²) >= 11 is 0. The Hall–Kier alpha value is -3.57. The number of hydrogen-bond acceptors (Lipinski definition) is 5. The van der Waals surface area contributed by atoms with Crippen molar-refractivity contribution in [1.82, 2.24) is 4.98 Å². The van der Waals surface area contributed by atoms with E-state index in [1.807, 2.05) is 0 Å². The van der Waals surface area contributed by atoms with Crippen molar-refractivity contribution in [3.8, 4) is 11.1 Å². The number of alkyl halides is 4. The van der Waals surface area contributed by atoms with Crippen LogP contribution in [0.5, 0.6) is 0 Å². The van der Waals surface area contributed by atoms with E-state index in [-0.39, 0.29) is 29.8 Å². The van der Waals surface area contributed by atoms with E-state index >= 15 is 8.78 Å². The third-order valence-corrected chi connectivity index (χ3v) is 7.04. The highest BCUT2D eigenvalue weighted by atomic mass is 19.4. The summed E-state index contributed by atoms with van der Waals surface area (Å²) in [5, 5.41) is 12.3. The summed E-state index contributed by atoms with van der Waals surface area (Å²) in [6, 6.07) is 7.61. The van der Waals surface area contributed by atoms with Gasteiger partial charge in [0.15, 0.2) is 5.67 Å². The largest absolute Gasteiger partial charge is 0.416 e. The van der Waals surface area contributed by atoms with E-state index in [4.69, 9.17) is 4.74 Å². The number of carbonyl (C=O) groups excluding carboxylic acids is 1. The summed E-state index contributed by atoms with van der Waals surface area (Å²) in [5.41, 5.74) is -0.951. The van der Waals surface area contributed by atoms with Crippen molar-refractivity contribution >= 4 is 17.3 Å². The number of aliphatic hydroxyl groups excluding tert-OH is 1. The average molecular weight is 533 g/mol. The molecule has 11 heteroatoms. The Labute approximate surface area is 215 Å². The van der Waals surface area contributed by atoms with Crippen LogP contribution in [0, 0.1) is 12.7 Å². The monoisotopic (exact) mass is 533 g/mol. The molecule has 2 aliphatic rings. The number of nitrogens with zero attached hydrogens (tertiary/aromatic N) is 2. The molecule has 0 unspecified atom stereocenters. The first kappa shape index (κ1) is 26.1. The average Bonchev–Trinajstić information content (AvgIpc) is 2.89. The molecule has 2 aromatic carbocycles. The highest BCUT2D eigenvalue weighted by Gasteiger charge is 2.48. The Bertz CT molecular complexity index is 1400. The van der Waals surface area contributed by atoms with E-state index in [0.29, 0.717) is 35.7 Å². The topological polar surface area (TPSA) is 74.7 Å². The Kier molecular flexibility index (Phi) is 6.60. The molecule has 200 valence electrons. The molecule has 3 heterocycles. The van der Waals surface area contributed by atoms with Crippen LogP contribution in [0.4, 0.5) is 33.3 Å². The summed E-state index contributed by atoms with van der Waals surface area (Å²) in [5.74, 6) is -1.42. The maximum atomic E-state index is 15.5. The van der Waals surface area contributed by atoms with Crippen LogP contribution in [0.25, 0.3) is 11.1 Å².